The predicted molar refractivity (Wildman–Crippen MR) is 48.6 cm³/mol. The van der Waals surface area contributed by atoms with E-state index in [1.807, 2.05) is 13.8 Å². The number of rotatable bonds is 4. The third-order valence-electron chi connectivity index (χ3n) is 1.04. The van der Waals surface area contributed by atoms with Crippen LogP contribution in [0.15, 0.2) is 0 Å². The molecule has 0 rings (SSSR count). The minimum Gasteiger partial charge on any atom is -0.480 e. The lowest BCUT2D eigenvalue weighted by Crippen LogP contribution is -1.92. The van der Waals surface area contributed by atoms with Gasteiger partial charge in [0.2, 0.25) is 0 Å². The van der Waals surface area contributed by atoms with Crippen LogP contribution >= 0.6 is 11.6 Å². The molecule has 0 bridgehead atoms. The zero-order chi connectivity index (χ0) is 9.98. The molecule has 0 saturated carbocycles. The average Bonchev–Trinajstić information content (AvgIpc) is 2.06. The molecule has 0 unspecified atom stereocenters. The van der Waals surface area contributed by atoms with E-state index in [-0.39, 0.29) is 5.88 Å². The first-order chi connectivity index (χ1) is 5.58. The van der Waals surface area contributed by atoms with Crippen molar-refractivity contribution in [2.75, 3.05) is 5.88 Å². The number of carbonyl (C=O) groups excluding carboxylic acids is 1. The van der Waals surface area contributed by atoms with Crippen LogP contribution in [0.2, 0.25) is 0 Å². The summed E-state index contributed by atoms with van der Waals surface area (Å²) in [4.78, 5) is 19.6. The molecule has 0 aromatic rings. The Balaban J connectivity index is 0. The zero-order valence-corrected chi connectivity index (χ0v) is 8.23. The van der Waals surface area contributed by atoms with Crippen LogP contribution in [-0.2, 0) is 9.59 Å². The summed E-state index contributed by atoms with van der Waals surface area (Å²) in [5.74, 6) is -0.908. The molecule has 0 aliphatic heterocycles. The molecule has 0 radical (unpaired) electrons. The second-order valence-electron chi connectivity index (χ2n) is 2.17. The summed E-state index contributed by atoms with van der Waals surface area (Å²) in [6, 6.07) is 0. The first kappa shape index (κ1) is 14.0. The number of halogens is 1. The monoisotopic (exact) mass is 194 g/mol. The van der Waals surface area contributed by atoms with Crippen LogP contribution in [0, 0.1) is 0 Å². The van der Waals surface area contributed by atoms with E-state index < -0.39 is 5.97 Å². The Labute approximate surface area is 77.7 Å². The van der Waals surface area contributed by atoms with Crippen LogP contribution in [0.5, 0.6) is 0 Å². The van der Waals surface area contributed by atoms with Crippen LogP contribution in [0.1, 0.15) is 33.1 Å². The van der Waals surface area contributed by atoms with Gasteiger partial charge in [0.05, 0.1) is 0 Å². The Morgan fingerprint density at radius 3 is 1.83 bits per heavy atom. The number of carboxylic acid groups (broad SMARTS) is 1. The lowest BCUT2D eigenvalue weighted by atomic mass is 10.2. The number of ketones is 1. The summed E-state index contributed by atoms with van der Waals surface area (Å²) in [5, 5.41) is 7.59. The number of Topliss-reactive ketones (excluding diaryl/α,β-unsaturated/α-hetero) is 1. The summed E-state index contributed by atoms with van der Waals surface area (Å²) >= 11 is 4.74. The van der Waals surface area contributed by atoms with Gasteiger partial charge in [-0.2, -0.15) is 0 Å². The summed E-state index contributed by atoms with van der Waals surface area (Å²) < 4.78 is 0. The lowest BCUT2D eigenvalue weighted by Gasteiger charge is -1.87. The molecule has 0 heterocycles. The number of hydrogen-bond acceptors (Lipinski definition) is 2. The summed E-state index contributed by atoms with van der Waals surface area (Å²) in [6.07, 6.45) is 2.46. The number of carboxylic acids is 1. The molecule has 0 saturated heterocycles. The van der Waals surface area contributed by atoms with Gasteiger partial charge in [-0.15, -0.1) is 11.6 Å². The summed E-state index contributed by atoms with van der Waals surface area (Å²) in [6.45, 7) is 3.92. The van der Waals surface area contributed by atoms with E-state index in [0.29, 0.717) is 12.2 Å². The maximum absolute atomic E-state index is 10.4. The highest BCUT2D eigenvalue weighted by Gasteiger charge is 1.91. The van der Waals surface area contributed by atoms with Gasteiger partial charge in [0.15, 0.2) is 0 Å². The van der Waals surface area contributed by atoms with Crippen LogP contribution in [-0.4, -0.2) is 22.7 Å². The number of carbonyl (C=O) groups is 2. The van der Waals surface area contributed by atoms with Crippen molar-refractivity contribution in [3.05, 3.63) is 0 Å². The van der Waals surface area contributed by atoms with E-state index in [9.17, 15) is 9.59 Å². The largest absolute Gasteiger partial charge is 0.480 e. The quantitative estimate of drug-likeness (QED) is 0.698. The van der Waals surface area contributed by atoms with E-state index in [0.717, 1.165) is 12.8 Å². The Morgan fingerprint density at radius 1 is 1.33 bits per heavy atom. The SMILES string of the molecule is CCCC(=O)CC.O=C(O)CCl. The average molecular weight is 195 g/mol. The molecule has 72 valence electrons. The van der Waals surface area contributed by atoms with Crippen molar-refractivity contribution >= 4 is 23.4 Å². The fourth-order valence-electron chi connectivity index (χ4n) is 0.456. The Bertz CT molecular complexity index is 134. The Hall–Kier alpha value is -0.570. The van der Waals surface area contributed by atoms with E-state index in [4.69, 9.17) is 16.7 Å². The van der Waals surface area contributed by atoms with E-state index in [1.165, 1.54) is 0 Å². The van der Waals surface area contributed by atoms with E-state index in [1.54, 1.807) is 0 Å². The maximum atomic E-state index is 10.4. The molecule has 0 aromatic heterocycles. The van der Waals surface area contributed by atoms with Crippen molar-refractivity contribution in [2.24, 2.45) is 0 Å². The van der Waals surface area contributed by atoms with Crippen LogP contribution in [0.25, 0.3) is 0 Å². The highest BCUT2D eigenvalue weighted by atomic mass is 35.5. The van der Waals surface area contributed by atoms with Gasteiger partial charge in [-0.3, -0.25) is 9.59 Å². The first-order valence-corrected chi connectivity index (χ1v) is 4.41. The topological polar surface area (TPSA) is 54.4 Å². The minimum atomic E-state index is -0.980. The van der Waals surface area contributed by atoms with Gasteiger partial charge in [0, 0.05) is 12.8 Å². The maximum Gasteiger partial charge on any atom is 0.318 e. The van der Waals surface area contributed by atoms with Crippen molar-refractivity contribution in [3.8, 4) is 0 Å². The second-order valence-corrected chi connectivity index (χ2v) is 2.44. The van der Waals surface area contributed by atoms with E-state index >= 15 is 0 Å². The first-order valence-electron chi connectivity index (χ1n) is 3.87. The highest BCUT2D eigenvalue weighted by Crippen LogP contribution is 1.90. The molecule has 1 N–H and O–H groups in total. The molecule has 3 nitrogen and oxygen atoms in total. The molecule has 0 spiro atoms. The fraction of sp³-hybridized carbons (Fsp3) is 0.750. The van der Waals surface area contributed by atoms with Crippen LogP contribution in [0.4, 0.5) is 0 Å². The fourth-order valence-corrected chi connectivity index (χ4v) is 0.456. The van der Waals surface area contributed by atoms with Gasteiger partial charge >= 0.3 is 5.97 Å². The number of alkyl halides is 1. The third-order valence-corrected chi connectivity index (χ3v) is 1.27. The minimum absolute atomic E-state index is 0.306. The predicted octanol–water partition coefficient (Wildman–Crippen LogP) is 2.08. The molecule has 4 heteroatoms. The van der Waals surface area contributed by atoms with Gasteiger partial charge in [-0.1, -0.05) is 13.8 Å². The summed E-state index contributed by atoms with van der Waals surface area (Å²) in [7, 11) is 0. The molecule has 0 fully saturated rings. The molecule has 0 aliphatic carbocycles. The van der Waals surface area contributed by atoms with Crippen molar-refractivity contribution in [3.63, 3.8) is 0 Å². The third kappa shape index (κ3) is 16.2. The van der Waals surface area contributed by atoms with Gasteiger partial charge < -0.3 is 5.11 Å². The molecule has 12 heavy (non-hydrogen) atoms. The smallest absolute Gasteiger partial charge is 0.318 e. The second kappa shape index (κ2) is 10.4. The molecule has 0 aromatic carbocycles. The molecule has 0 aliphatic rings. The lowest BCUT2D eigenvalue weighted by molar-refractivity contribution is -0.134. The molecule has 0 amide bonds. The Morgan fingerprint density at radius 2 is 1.75 bits per heavy atom. The molecule has 0 atom stereocenters. The zero-order valence-electron chi connectivity index (χ0n) is 7.47. The number of hydrogen-bond donors (Lipinski definition) is 1. The van der Waals surface area contributed by atoms with Gasteiger partial charge in [-0.05, 0) is 6.42 Å². The van der Waals surface area contributed by atoms with Gasteiger partial charge in [-0.25, -0.2) is 0 Å². The normalized spacial score (nSPS) is 8.25. The van der Waals surface area contributed by atoms with Crippen molar-refractivity contribution in [2.45, 2.75) is 33.1 Å². The standard InChI is InChI=1S/C6H12O.C2H3ClO2/c1-3-5-6(7)4-2;3-1-2(4)5/h3-5H2,1-2H3;1H2,(H,4,5). The molecular weight excluding hydrogens is 180 g/mol. The van der Waals surface area contributed by atoms with Gasteiger partial charge in [0.1, 0.15) is 11.7 Å². The van der Waals surface area contributed by atoms with Crippen molar-refractivity contribution in [1.82, 2.24) is 0 Å². The van der Waals surface area contributed by atoms with Gasteiger partial charge in [0.25, 0.3) is 0 Å². The molecular formula is C8H15ClO3. The Kier molecular flexibility index (Phi) is 12.2. The highest BCUT2D eigenvalue weighted by molar-refractivity contribution is 6.26. The van der Waals surface area contributed by atoms with Crippen LogP contribution < -0.4 is 0 Å². The number of aliphatic carboxylic acids is 1. The van der Waals surface area contributed by atoms with Crippen molar-refractivity contribution in [1.29, 1.82) is 0 Å². The summed E-state index contributed by atoms with van der Waals surface area (Å²) in [5.41, 5.74) is 0. The van der Waals surface area contributed by atoms with E-state index in [2.05, 4.69) is 0 Å². The van der Waals surface area contributed by atoms with Crippen molar-refractivity contribution < 1.29 is 14.7 Å². The van der Waals surface area contributed by atoms with Crippen LogP contribution in [0.3, 0.4) is 0 Å².